The van der Waals surface area contributed by atoms with E-state index in [1.165, 1.54) is 23.5 Å². The van der Waals surface area contributed by atoms with Crippen LogP contribution in [0.1, 0.15) is 17.0 Å². The molecule has 5 nitrogen and oxygen atoms in total. The molecule has 0 saturated carbocycles. The third-order valence-electron chi connectivity index (χ3n) is 2.69. The molecule has 0 bridgehead atoms. The van der Waals surface area contributed by atoms with Crippen molar-refractivity contribution in [3.63, 3.8) is 0 Å². The Morgan fingerprint density at radius 1 is 1.00 bits per heavy atom. The number of pyridine rings is 1. The number of H-pyrrole nitrogens is 1. The zero-order valence-electron chi connectivity index (χ0n) is 11.1. The lowest BCUT2D eigenvalue weighted by Crippen LogP contribution is -2.15. The number of aryl methyl sites for hydroxylation is 2. The van der Waals surface area contributed by atoms with Crippen LogP contribution in [0.5, 0.6) is 0 Å². The molecule has 0 spiro atoms. The first kappa shape index (κ1) is 14.2. The standard InChI is InChI=1S/C7H5NO3S.C7H9N/c9-7-5-3-1-2-4-6(5)12(10,11)8-7;1-6-4-3-5-7(2)8-6/h1-4H,(H,8,9);3-5H,1-2H3. The van der Waals surface area contributed by atoms with Crippen LogP contribution in [0.2, 0.25) is 0 Å². The van der Waals surface area contributed by atoms with Gasteiger partial charge in [-0.3, -0.25) is 0 Å². The van der Waals surface area contributed by atoms with E-state index in [1.54, 1.807) is 12.1 Å². The van der Waals surface area contributed by atoms with Crippen LogP contribution in [0.15, 0.2) is 51.8 Å². The van der Waals surface area contributed by atoms with Gasteiger partial charge < -0.3 is 5.11 Å². The van der Waals surface area contributed by atoms with Gasteiger partial charge in [0.15, 0.2) is 11.4 Å². The molecule has 2 aromatic rings. The molecule has 1 aromatic carbocycles. The summed E-state index contributed by atoms with van der Waals surface area (Å²) >= 11 is 0. The fraction of sp³-hybridized carbons (Fsp3) is 0.143. The van der Waals surface area contributed by atoms with Gasteiger partial charge in [0.2, 0.25) is 0 Å². The van der Waals surface area contributed by atoms with Crippen molar-refractivity contribution in [1.29, 1.82) is 0 Å². The van der Waals surface area contributed by atoms with Gasteiger partial charge in [-0.05, 0) is 12.1 Å². The van der Waals surface area contributed by atoms with Crippen molar-refractivity contribution in [1.82, 2.24) is 0 Å². The summed E-state index contributed by atoms with van der Waals surface area (Å²) in [5, 5.41) is 10.9. The fourth-order valence-electron chi connectivity index (χ4n) is 1.81. The van der Waals surface area contributed by atoms with Crippen LogP contribution in [-0.4, -0.2) is 14.3 Å². The minimum Gasteiger partial charge on any atom is -0.858 e. The Labute approximate surface area is 117 Å². The minimum atomic E-state index is -3.68. The van der Waals surface area contributed by atoms with Gasteiger partial charge in [0.1, 0.15) is 0 Å². The predicted molar refractivity (Wildman–Crippen MR) is 72.6 cm³/mol. The summed E-state index contributed by atoms with van der Waals surface area (Å²) in [7, 11) is -3.68. The van der Waals surface area contributed by atoms with E-state index in [4.69, 9.17) is 0 Å². The summed E-state index contributed by atoms with van der Waals surface area (Å²) in [6.07, 6.45) is 0. The maximum absolute atomic E-state index is 11.1. The quantitative estimate of drug-likeness (QED) is 0.712. The zero-order valence-corrected chi connectivity index (χ0v) is 11.9. The molecular weight excluding hydrogens is 276 g/mol. The summed E-state index contributed by atoms with van der Waals surface area (Å²) in [6.45, 7) is 4.10. The average Bonchev–Trinajstić information content (AvgIpc) is 2.61. The van der Waals surface area contributed by atoms with E-state index in [9.17, 15) is 13.5 Å². The van der Waals surface area contributed by atoms with Crippen molar-refractivity contribution in [3.8, 4) is 0 Å². The Bertz CT molecular complexity index is 750. The maximum Gasteiger partial charge on any atom is 0.282 e. The highest BCUT2D eigenvalue weighted by Gasteiger charge is 2.22. The second-order valence-corrected chi connectivity index (χ2v) is 5.96. The molecule has 0 fully saturated rings. The van der Waals surface area contributed by atoms with Gasteiger partial charge in [-0.2, -0.15) is 12.8 Å². The van der Waals surface area contributed by atoms with E-state index in [2.05, 4.69) is 9.38 Å². The molecule has 0 unspecified atom stereocenters. The van der Waals surface area contributed by atoms with Crippen LogP contribution < -0.4 is 10.1 Å². The molecular formula is C14H14N2O3S. The lowest BCUT2D eigenvalue weighted by Gasteiger charge is -2.01. The van der Waals surface area contributed by atoms with Crippen LogP contribution in [0.4, 0.5) is 0 Å². The normalized spacial score (nSPS) is 14.8. The van der Waals surface area contributed by atoms with Crippen molar-refractivity contribution < 1.29 is 18.5 Å². The number of aromatic nitrogens is 1. The predicted octanol–water partition coefficient (Wildman–Crippen LogP) is 0.613. The fourth-order valence-corrected chi connectivity index (χ4v) is 2.91. The van der Waals surface area contributed by atoms with Gasteiger partial charge in [-0.25, -0.2) is 4.98 Å². The Hall–Kier alpha value is -2.21. The molecule has 20 heavy (non-hydrogen) atoms. The van der Waals surface area contributed by atoms with Crippen molar-refractivity contribution >= 4 is 15.9 Å². The van der Waals surface area contributed by atoms with E-state index in [0.717, 1.165) is 0 Å². The second-order valence-electron chi connectivity index (χ2n) is 4.38. The first-order valence-electron chi connectivity index (χ1n) is 5.97. The van der Waals surface area contributed by atoms with Crippen LogP contribution in [-0.2, 0) is 10.0 Å². The minimum absolute atomic E-state index is 0.00926. The Balaban J connectivity index is 0.000000160. The molecule has 1 aliphatic rings. The highest BCUT2D eigenvalue weighted by molar-refractivity contribution is 7.90. The second kappa shape index (κ2) is 5.42. The number of aromatic amines is 1. The van der Waals surface area contributed by atoms with E-state index >= 15 is 0 Å². The number of hydrogen-bond donors (Lipinski definition) is 0. The summed E-state index contributed by atoms with van der Waals surface area (Å²) in [4.78, 5) is 3.18. The van der Waals surface area contributed by atoms with E-state index in [0.29, 0.717) is 0 Å². The Kier molecular flexibility index (Phi) is 3.85. The smallest absolute Gasteiger partial charge is 0.282 e. The van der Waals surface area contributed by atoms with Crippen LogP contribution >= 0.6 is 0 Å². The molecule has 104 valence electrons. The molecule has 2 heterocycles. The van der Waals surface area contributed by atoms with Crippen molar-refractivity contribution in [2.45, 2.75) is 18.7 Å². The largest absolute Gasteiger partial charge is 0.858 e. The number of nitrogens with zero attached hydrogens (tertiary/aromatic N) is 1. The number of sulfonamides is 1. The van der Waals surface area contributed by atoms with Crippen molar-refractivity contribution in [2.24, 2.45) is 4.40 Å². The van der Waals surface area contributed by atoms with Crippen LogP contribution in [0.3, 0.4) is 0 Å². The number of nitrogens with one attached hydrogen (secondary N) is 1. The Morgan fingerprint density at radius 2 is 1.60 bits per heavy atom. The maximum atomic E-state index is 11.1. The number of fused-ring (bicyclic) bond motifs is 1. The molecule has 0 atom stereocenters. The Morgan fingerprint density at radius 3 is 2.10 bits per heavy atom. The number of hydrogen-bond acceptors (Lipinski definition) is 3. The average molecular weight is 290 g/mol. The first-order chi connectivity index (χ1) is 9.40. The highest BCUT2D eigenvalue weighted by atomic mass is 32.2. The number of rotatable bonds is 0. The molecule has 1 aromatic heterocycles. The van der Waals surface area contributed by atoms with Gasteiger partial charge in [0.05, 0.1) is 4.90 Å². The van der Waals surface area contributed by atoms with Crippen LogP contribution in [0.25, 0.3) is 0 Å². The molecule has 0 amide bonds. The first-order valence-corrected chi connectivity index (χ1v) is 7.41. The number of benzene rings is 1. The summed E-state index contributed by atoms with van der Waals surface area (Å²) < 4.78 is 25.2. The monoisotopic (exact) mass is 290 g/mol. The van der Waals surface area contributed by atoms with Gasteiger partial charge in [0, 0.05) is 37.4 Å². The van der Waals surface area contributed by atoms with Gasteiger partial charge in [-0.15, -0.1) is 0 Å². The topological polar surface area (TPSA) is 83.7 Å². The molecule has 3 rings (SSSR count). The third-order valence-corrected chi connectivity index (χ3v) is 4.00. The van der Waals surface area contributed by atoms with E-state index < -0.39 is 15.9 Å². The summed E-state index contributed by atoms with van der Waals surface area (Å²) in [6, 6.07) is 12.1. The zero-order chi connectivity index (χ0) is 14.8. The van der Waals surface area contributed by atoms with E-state index in [1.807, 2.05) is 32.0 Å². The van der Waals surface area contributed by atoms with Crippen molar-refractivity contribution in [2.75, 3.05) is 0 Å². The van der Waals surface area contributed by atoms with Crippen LogP contribution in [0, 0.1) is 13.8 Å². The van der Waals surface area contributed by atoms with E-state index in [-0.39, 0.29) is 10.5 Å². The summed E-state index contributed by atoms with van der Waals surface area (Å²) in [5.41, 5.74) is 2.59. The highest BCUT2D eigenvalue weighted by Crippen LogP contribution is 2.23. The molecule has 0 radical (unpaired) electrons. The lowest BCUT2D eigenvalue weighted by atomic mass is 10.2. The van der Waals surface area contributed by atoms with Crippen molar-refractivity contribution in [3.05, 3.63) is 59.4 Å². The van der Waals surface area contributed by atoms with Gasteiger partial charge >= 0.3 is 0 Å². The van der Waals surface area contributed by atoms with Gasteiger partial charge in [-0.1, -0.05) is 18.2 Å². The molecule has 0 aliphatic carbocycles. The molecule has 0 saturated heterocycles. The SMILES string of the molecule is Cc1cccc(C)[nH+]1.O=S1(=O)N=C([O-])c2ccccc21. The lowest BCUT2D eigenvalue weighted by molar-refractivity contribution is -0.396. The molecule has 1 N–H and O–H groups in total. The summed E-state index contributed by atoms with van der Waals surface area (Å²) in [5.74, 6) is -0.675. The van der Waals surface area contributed by atoms with Gasteiger partial charge in [0.25, 0.3) is 10.0 Å². The third kappa shape index (κ3) is 3.03. The molecule has 1 aliphatic heterocycles. The molecule has 6 heteroatoms.